The topological polar surface area (TPSA) is 85.0 Å². The fourth-order valence-electron chi connectivity index (χ4n) is 1.23. The summed E-state index contributed by atoms with van der Waals surface area (Å²) in [5, 5.41) is 11.2. The molecule has 0 aliphatic heterocycles. The number of nitrogen functional groups attached to an aromatic ring is 1. The average Bonchev–Trinajstić information content (AvgIpc) is 2.46. The number of aromatic nitrogens is 1. The van der Waals surface area contributed by atoms with Crippen LogP contribution in [-0.2, 0) is 0 Å². The molecule has 0 radical (unpaired) electrons. The Balaban J connectivity index is 2.68. The van der Waals surface area contributed by atoms with Gasteiger partial charge in [-0.1, -0.05) is 0 Å². The predicted molar refractivity (Wildman–Crippen MR) is 49.4 cm³/mol. The van der Waals surface area contributed by atoms with Crippen LogP contribution < -0.4 is 5.73 Å². The lowest BCUT2D eigenvalue weighted by atomic mass is 10.2. The van der Waals surface area contributed by atoms with E-state index in [-0.39, 0.29) is 5.82 Å². The molecule has 0 unspecified atom stereocenters. The van der Waals surface area contributed by atoms with Crippen LogP contribution in [0.3, 0.4) is 0 Å². The summed E-state index contributed by atoms with van der Waals surface area (Å²) in [6.45, 7) is 0. The van der Waals surface area contributed by atoms with E-state index in [1.165, 1.54) is 6.07 Å². The lowest BCUT2D eigenvalue weighted by Crippen LogP contribution is -1.85. The van der Waals surface area contributed by atoms with E-state index in [1.807, 2.05) is 0 Å². The first-order chi connectivity index (χ1) is 6.16. The molecule has 5 heteroatoms. The molecule has 0 saturated carbocycles. The lowest BCUT2D eigenvalue weighted by molar-refractivity contribution is -0.389. The molecular formula is C8H7N3O2. The Morgan fingerprint density at radius 2 is 2.15 bits per heavy atom. The second-order valence-electron chi connectivity index (χ2n) is 2.76. The number of fused-ring (bicyclic) bond motifs is 1. The summed E-state index contributed by atoms with van der Waals surface area (Å²) in [7, 11) is 0. The average molecular weight is 177 g/mol. The molecular weight excluding hydrogens is 170 g/mol. The highest BCUT2D eigenvalue weighted by Crippen LogP contribution is 2.21. The summed E-state index contributed by atoms with van der Waals surface area (Å²) in [5.41, 5.74) is 6.85. The number of hydrogen-bond donors (Lipinski definition) is 2. The number of H-pyrrole nitrogens is 1. The van der Waals surface area contributed by atoms with Gasteiger partial charge in [0.2, 0.25) is 0 Å². The van der Waals surface area contributed by atoms with Crippen LogP contribution in [0.4, 0.5) is 11.5 Å². The zero-order valence-corrected chi connectivity index (χ0v) is 6.65. The van der Waals surface area contributed by atoms with Crippen LogP contribution in [-0.4, -0.2) is 9.91 Å². The number of hydrogen-bond acceptors (Lipinski definition) is 3. The molecule has 13 heavy (non-hydrogen) atoms. The van der Waals surface area contributed by atoms with Gasteiger partial charge in [-0.25, -0.2) is 4.98 Å². The first-order valence-corrected chi connectivity index (χ1v) is 3.69. The fraction of sp³-hybridized carbons (Fsp3) is 0. The van der Waals surface area contributed by atoms with Gasteiger partial charge in [-0.05, 0) is 23.1 Å². The van der Waals surface area contributed by atoms with Crippen molar-refractivity contribution in [2.45, 2.75) is 0 Å². The van der Waals surface area contributed by atoms with Crippen molar-refractivity contribution in [1.82, 2.24) is 4.98 Å². The van der Waals surface area contributed by atoms with E-state index in [4.69, 9.17) is 5.73 Å². The van der Waals surface area contributed by atoms with Crippen LogP contribution in [0.25, 0.3) is 10.9 Å². The Morgan fingerprint density at radius 1 is 1.38 bits per heavy atom. The number of benzene rings is 1. The zero-order valence-electron chi connectivity index (χ0n) is 6.65. The summed E-state index contributed by atoms with van der Waals surface area (Å²) in [5.74, 6) is -0.0133. The number of anilines is 1. The monoisotopic (exact) mass is 177 g/mol. The van der Waals surface area contributed by atoms with E-state index in [9.17, 15) is 10.1 Å². The van der Waals surface area contributed by atoms with Crippen molar-refractivity contribution in [3.63, 3.8) is 0 Å². The van der Waals surface area contributed by atoms with E-state index < -0.39 is 4.92 Å². The Bertz CT molecular complexity index is 475. The van der Waals surface area contributed by atoms with Crippen molar-refractivity contribution in [1.29, 1.82) is 0 Å². The molecule has 0 spiro atoms. The molecule has 0 bridgehead atoms. The molecule has 2 rings (SSSR count). The van der Waals surface area contributed by atoms with Gasteiger partial charge in [0, 0.05) is 17.1 Å². The van der Waals surface area contributed by atoms with Crippen molar-refractivity contribution >= 4 is 22.4 Å². The Morgan fingerprint density at radius 3 is 2.85 bits per heavy atom. The lowest BCUT2D eigenvalue weighted by Gasteiger charge is -1.88. The van der Waals surface area contributed by atoms with Gasteiger partial charge in [-0.3, -0.25) is 0 Å². The maximum Gasteiger partial charge on any atom is 0.321 e. The van der Waals surface area contributed by atoms with Crippen molar-refractivity contribution in [2.75, 3.05) is 5.73 Å². The zero-order chi connectivity index (χ0) is 9.42. The van der Waals surface area contributed by atoms with Crippen molar-refractivity contribution in [3.05, 3.63) is 34.4 Å². The van der Waals surface area contributed by atoms with Crippen LogP contribution in [0, 0.1) is 10.1 Å². The number of rotatable bonds is 1. The van der Waals surface area contributed by atoms with Gasteiger partial charge < -0.3 is 15.8 Å². The minimum atomic E-state index is -0.462. The normalized spacial score (nSPS) is 10.5. The Hall–Kier alpha value is -2.04. The number of nitrogens with two attached hydrogens (primary N) is 1. The van der Waals surface area contributed by atoms with E-state index >= 15 is 0 Å². The summed E-state index contributed by atoms with van der Waals surface area (Å²) >= 11 is 0. The Kier molecular flexibility index (Phi) is 1.45. The molecule has 5 nitrogen and oxygen atoms in total. The van der Waals surface area contributed by atoms with Crippen LogP contribution in [0.5, 0.6) is 0 Å². The quantitative estimate of drug-likeness (QED) is 0.394. The van der Waals surface area contributed by atoms with Gasteiger partial charge in [-0.15, -0.1) is 0 Å². The molecule has 0 fully saturated rings. The molecule has 1 aromatic carbocycles. The second-order valence-corrected chi connectivity index (χ2v) is 2.76. The van der Waals surface area contributed by atoms with Crippen molar-refractivity contribution in [2.24, 2.45) is 0 Å². The summed E-state index contributed by atoms with van der Waals surface area (Å²) < 4.78 is 0. The number of nitrogens with zero attached hydrogens (tertiary/aromatic N) is 1. The van der Waals surface area contributed by atoms with Crippen molar-refractivity contribution in [3.8, 4) is 0 Å². The van der Waals surface area contributed by atoms with Gasteiger partial charge in [0.05, 0.1) is 0 Å². The maximum absolute atomic E-state index is 10.4. The molecule has 2 aromatic rings. The third-order valence-corrected chi connectivity index (χ3v) is 1.83. The SMILES string of the molecule is Nc1ccc2[nH]c([N+](=O)[O-])cc2c1. The number of aromatic amines is 1. The fourth-order valence-corrected chi connectivity index (χ4v) is 1.23. The minimum absolute atomic E-state index is 0.0133. The summed E-state index contributed by atoms with van der Waals surface area (Å²) in [6, 6.07) is 6.57. The molecule has 66 valence electrons. The molecule has 0 aliphatic carbocycles. The van der Waals surface area contributed by atoms with Crippen LogP contribution in [0.15, 0.2) is 24.3 Å². The third kappa shape index (κ3) is 1.20. The summed E-state index contributed by atoms with van der Waals surface area (Å²) in [6.07, 6.45) is 0. The number of nitro groups is 1. The summed E-state index contributed by atoms with van der Waals surface area (Å²) in [4.78, 5) is 12.6. The predicted octanol–water partition coefficient (Wildman–Crippen LogP) is 1.66. The molecule has 1 aromatic heterocycles. The van der Waals surface area contributed by atoms with Crippen LogP contribution >= 0.6 is 0 Å². The van der Waals surface area contributed by atoms with Crippen LogP contribution in [0.2, 0.25) is 0 Å². The van der Waals surface area contributed by atoms with Gasteiger partial charge in [0.25, 0.3) is 0 Å². The number of nitrogens with one attached hydrogen (secondary N) is 1. The third-order valence-electron chi connectivity index (χ3n) is 1.83. The highest BCUT2D eigenvalue weighted by Gasteiger charge is 2.08. The Labute approximate surface area is 73.3 Å². The molecule has 3 N–H and O–H groups in total. The van der Waals surface area contributed by atoms with Gasteiger partial charge >= 0.3 is 5.82 Å². The standard InChI is InChI=1S/C8H7N3O2/c9-6-1-2-7-5(3-6)4-8(10-7)11(12)13/h1-4,10H,9H2. The van der Waals surface area contributed by atoms with Gasteiger partial charge in [0.15, 0.2) is 0 Å². The molecule has 0 amide bonds. The first kappa shape index (κ1) is 7.60. The maximum atomic E-state index is 10.4. The smallest absolute Gasteiger partial charge is 0.321 e. The largest absolute Gasteiger partial charge is 0.399 e. The van der Waals surface area contributed by atoms with E-state index in [0.717, 1.165) is 10.9 Å². The highest BCUT2D eigenvalue weighted by atomic mass is 16.6. The minimum Gasteiger partial charge on any atom is -0.399 e. The van der Waals surface area contributed by atoms with Gasteiger partial charge in [-0.2, -0.15) is 0 Å². The van der Waals surface area contributed by atoms with E-state index in [2.05, 4.69) is 4.98 Å². The molecule has 0 saturated heterocycles. The highest BCUT2D eigenvalue weighted by molar-refractivity contribution is 5.85. The second kappa shape index (κ2) is 2.48. The van der Waals surface area contributed by atoms with Gasteiger partial charge in [0.1, 0.15) is 5.52 Å². The van der Waals surface area contributed by atoms with E-state index in [1.54, 1.807) is 18.2 Å². The van der Waals surface area contributed by atoms with Crippen LogP contribution in [0.1, 0.15) is 0 Å². The van der Waals surface area contributed by atoms with Crippen molar-refractivity contribution < 1.29 is 4.92 Å². The van der Waals surface area contributed by atoms with E-state index in [0.29, 0.717) is 5.69 Å². The first-order valence-electron chi connectivity index (χ1n) is 3.69. The molecule has 0 atom stereocenters. The molecule has 1 heterocycles. The molecule has 0 aliphatic rings.